The van der Waals surface area contributed by atoms with Gasteiger partial charge in [-0.1, -0.05) is 0 Å². The Labute approximate surface area is 101 Å². The van der Waals surface area contributed by atoms with Crippen LogP contribution < -0.4 is 0 Å². The molecule has 0 N–H and O–H groups in total. The van der Waals surface area contributed by atoms with E-state index in [1.807, 2.05) is 0 Å². The van der Waals surface area contributed by atoms with E-state index in [0.717, 1.165) is 23.7 Å². The van der Waals surface area contributed by atoms with Crippen molar-refractivity contribution < 1.29 is 0 Å². The van der Waals surface area contributed by atoms with Crippen LogP contribution in [0.15, 0.2) is 0 Å². The lowest BCUT2D eigenvalue weighted by molar-refractivity contribution is 0.0152. The first-order valence-corrected chi connectivity index (χ1v) is 8.62. The summed E-state index contributed by atoms with van der Waals surface area (Å²) in [6.45, 7) is 0. The van der Waals surface area contributed by atoms with Gasteiger partial charge in [0.25, 0.3) is 0 Å². The molecule has 1 heterocycles. The summed E-state index contributed by atoms with van der Waals surface area (Å²) in [6.07, 6.45) is 9.42. The van der Waals surface area contributed by atoms with E-state index in [9.17, 15) is 0 Å². The van der Waals surface area contributed by atoms with Crippen molar-refractivity contribution in [3.8, 4) is 0 Å². The summed E-state index contributed by atoms with van der Waals surface area (Å²) in [6, 6.07) is 0. The average molecular weight is 240 g/mol. The largest absolute Gasteiger partial charge is 0.144 e. The molecular formula is C13H20S2. The Hall–Kier alpha value is 0.700. The highest BCUT2D eigenvalue weighted by Gasteiger charge is 2.58. The summed E-state index contributed by atoms with van der Waals surface area (Å²) in [5.41, 5.74) is 0. The number of rotatable bonds is 0. The number of hydrogen-bond acceptors (Lipinski definition) is 2. The van der Waals surface area contributed by atoms with Crippen LogP contribution in [0.4, 0.5) is 0 Å². The number of thioether (sulfide) groups is 2. The highest BCUT2D eigenvalue weighted by molar-refractivity contribution is 8.18. The molecule has 5 fully saturated rings. The first-order chi connectivity index (χ1) is 7.37. The Balaban J connectivity index is 1.69. The van der Waals surface area contributed by atoms with Crippen LogP contribution in [0, 0.1) is 23.7 Å². The third-order valence-corrected chi connectivity index (χ3v) is 9.15. The molecule has 1 spiro atoms. The van der Waals surface area contributed by atoms with E-state index in [1.54, 1.807) is 32.1 Å². The van der Waals surface area contributed by atoms with Crippen LogP contribution in [0.2, 0.25) is 0 Å². The summed E-state index contributed by atoms with van der Waals surface area (Å²) in [5, 5.41) is 0. The molecule has 2 heteroatoms. The van der Waals surface area contributed by atoms with Crippen LogP contribution >= 0.6 is 23.5 Å². The first-order valence-electron chi connectivity index (χ1n) is 6.65. The molecule has 0 unspecified atom stereocenters. The molecular weight excluding hydrogens is 220 g/mol. The van der Waals surface area contributed by atoms with Crippen molar-refractivity contribution in [3.05, 3.63) is 0 Å². The minimum absolute atomic E-state index is 0.714. The zero-order chi connectivity index (χ0) is 9.88. The smallest absolute Gasteiger partial charge is 0.0667 e. The van der Waals surface area contributed by atoms with E-state index >= 15 is 0 Å². The van der Waals surface area contributed by atoms with Gasteiger partial charge in [-0.3, -0.25) is 0 Å². The third-order valence-electron chi connectivity index (χ3n) is 5.22. The van der Waals surface area contributed by atoms with Crippen LogP contribution in [-0.4, -0.2) is 15.6 Å². The van der Waals surface area contributed by atoms with Gasteiger partial charge in [0.2, 0.25) is 0 Å². The SMILES string of the molecule is C1CSC2(SC1)C1CC3CC(C1)CC2C3. The van der Waals surface area contributed by atoms with Crippen LogP contribution in [0.1, 0.15) is 38.5 Å². The molecule has 4 saturated carbocycles. The molecule has 1 aliphatic heterocycles. The summed E-state index contributed by atoms with van der Waals surface area (Å²) >= 11 is 4.73. The Morgan fingerprint density at radius 3 is 1.80 bits per heavy atom. The van der Waals surface area contributed by atoms with Gasteiger partial charge in [-0.15, -0.1) is 23.5 Å². The zero-order valence-corrected chi connectivity index (χ0v) is 10.9. The van der Waals surface area contributed by atoms with E-state index in [2.05, 4.69) is 23.5 Å². The Bertz CT molecular complexity index is 238. The van der Waals surface area contributed by atoms with E-state index in [1.165, 1.54) is 17.9 Å². The van der Waals surface area contributed by atoms with Crippen LogP contribution in [0.5, 0.6) is 0 Å². The first kappa shape index (κ1) is 9.70. The van der Waals surface area contributed by atoms with Crippen LogP contribution in [-0.2, 0) is 0 Å². The molecule has 4 bridgehead atoms. The lowest BCUT2D eigenvalue weighted by atomic mass is 9.56. The van der Waals surface area contributed by atoms with Gasteiger partial charge in [0.1, 0.15) is 0 Å². The zero-order valence-electron chi connectivity index (χ0n) is 9.28. The van der Waals surface area contributed by atoms with E-state index in [4.69, 9.17) is 0 Å². The van der Waals surface area contributed by atoms with E-state index in [0.29, 0.717) is 4.08 Å². The van der Waals surface area contributed by atoms with Gasteiger partial charge in [-0.2, -0.15) is 0 Å². The van der Waals surface area contributed by atoms with Crippen molar-refractivity contribution in [2.45, 2.75) is 42.6 Å². The van der Waals surface area contributed by atoms with Gasteiger partial charge in [0.05, 0.1) is 4.08 Å². The Morgan fingerprint density at radius 1 is 0.733 bits per heavy atom. The maximum atomic E-state index is 2.36. The lowest BCUT2D eigenvalue weighted by Crippen LogP contribution is -2.54. The predicted octanol–water partition coefficient (Wildman–Crippen LogP) is 4.01. The molecule has 0 aromatic heterocycles. The van der Waals surface area contributed by atoms with Gasteiger partial charge in [0.15, 0.2) is 0 Å². The summed E-state index contributed by atoms with van der Waals surface area (Å²) in [4.78, 5) is 0. The predicted molar refractivity (Wildman–Crippen MR) is 69.3 cm³/mol. The van der Waals surface area contributed by atoms with Crippen molar-refractivity contribution in [1.82, 2.24) is 0 Å². The fourth-order valence-electron chi connectivity index (χ4n) is 4.88. The maximum Gasteiger partial charge on any atom is 0.0667 e. The minimum Gasteiger partial charge on any atom is -0.144 e. The van der Waals surface area contributed by atoms with E-state index in [-0.39, 0.29) is 0 Å². The summed E-state index contributed by atoms with van der Waals surface area (Å²) in [5.74, 6) is 7.39. The Kier molecular flexibility index (Phi) is 2.17. The second-order valence-corrected chi connectivity index (χ2v) is 9.08. The van der Waals surface area contributed by atoms with Gasteiger partial charge in [-0.05, 0) is 73.7 Å². The molecule has 4 aliphatic carbocycles. The lowest BCUT2D eigenvalue weighted by Gasteiger charge is -2.61. The van der Waals surface area contributed by atoms with Gasteiger partial charge < -0.3 is 0 Å². The van der Waals surface area contributed by atoms with Crippen LogP contribution in [0.3, 0.4) is 0 Å². The average Bonchev–Trinajstić information content (AvgIpc) is 2.26. The molecule has 0 amide bonds. The molecule has 0 nitrogen and oxygen atoms in total. The second-order valence-electron chi connectivity index (χ2n) is 6.08. The third kappa shape index (κ3) is 1.30. The van der Waals surface area contributed by atoms with Crippen LogP contribution in [0.25, 0.3) is 0 Å². The molecule has 0 aromatic carbocycles. The minimum atomic E-state index is 0.714. The van der Waals surface area contributed by atoms with Crippen molar-refractivity contribution in [3.63, 3.8) is 0 Å². The van der Waals surface area contributed by atoms with Gasteiger partial charge >= 0.3 is 0 Å². The molecule has 0 atom stereocenters. The fraction of sp³-hybridized carbons (Fsp3) is 1.00. The Morgan fingerprint density at radius 2 is 1.27 bits per heavy atom. The van der Waals surface area contributed by atoms with Crippen molar-refractivity contribution >= 4 is 23.5 Å². The molecule has 1 saturated heterocycles. The number of hydrogen-bond donors (Lipinski definition) is 0. The van der Waals surface area contributed by atoms with Crippen molar-refractivity contribution in [2.75, 3.05) is 11.5 Å². The van der Waals surface area contributed by atoms with Gasteiger partial charge in [-0.25, -0.2) is 0 Å². The summed E-state index contributed by atoms with van der Waals surface area (Å²) in [7, 11) is 0. The monoisotopic (exact) mass is 240 g/mol. The summed E-state index contributed by atoms with van der Waals surface area (Å²) < 4.78 is 0.714. The van der Waals surface area contributed by atoms with Crippen molar-refractivity contribution in [2.24, 2.45) is 23.7 Å². The standard InChI is InChI=1S/C13H20S2/c1-2-14-13(15-3-1)11-5-9-4-10(7-11)8-12(13)6-9/h9-12H,1-8H2. The topological polar surface area (TPSA) is 0 Å². The molecule has 0 aromatic rings. The quantitative estimate of drug-likeness (QED) is 0.627. The highest BCUT2D eigenvalue weighted by Crippen LogP contribution is 2.67. The molecule has 84 valence electrons. The molecule has 5 aliphatic rings. The normalized spacial score (nSPS) is 51.2. The molecule has 5 rings (SSSR count). The van der Waals surface area contributed by atoms with Gasteiger partial charge in [0, 0.05) is 0 Å². The van der Waals surface area contributed by atoms with Crippen molar-refractivity contribution in [1.29, 1.82) is 0 Å². The second kappa shape index (κ2) is 3.35. The van der Waals surface area contributed by atoms with E-state index < -0.39 is 0 Å². The highest BCUT2D eigenvalue weighted by atomic mass is 32.2. The fourth-order valence-corrected chi connectivity index (χ4v) is 8.82. The maximum absolute atomic E-state index is 2.36. The molecule has 15 heavy (non-hydrogen) atoms. The molecule has 0 radical (unpaired) electrons.